The van der Waals surface area contributed by atoms with Crippen molar-refractivity contribution in [2.24, 2.45) is 0 Å². The molecule has 100 valence electrons. The molecule has 0 aromatic heterocycles. The predicted molar refractivity (Wildman–Crippen MR) is 75.0 cm³/mol. The molecule has 1 atom stereocenters. The average molecular weight is 270 g/mol. The standard InChI is InChI=1S/C14H20ClNO2/c1-3-5-10-18-13(15)14(17)16-12-9-7-6-8-11(12)4-2/h6-9,13H,3-5,10H2,1-2H3,(H,16,17). The molecule has 0 radical (unpaired) electrons. The Morgan fingerprint density at radius 1 is 1.39 bits per heavy atom. The van der Waals surface area contributed by atoms with Crippen LogP contribution >= 0.6 is 11.6 Å². The van der Waals surface area contributed by atoms with E-state index in [4.69, 9.17) is 16.3 Å². The summed E-state index contributed by atoms with van der Waals surface area (Å²) in [7, 11) is 0. The molecule has 1 amide bonds. The number of para-hydroxylation sites is 1. The molecule has 0 fully saturated rings. The fraction of sp³-hybridized carbons (Fsp3) is 0.500. The molecule has 0 heterocycles. The third-order valence-electron chi connectivity index (χ3n) is 2.62. The molecule has 1 aromatic carbocycles. The first kappa shape index (κ1) is 15.0. The summed E-state index contributed by atoms with van der Waals surface area (Å²) in [5.74, 6) is -0.311. The lowest BCUT2D eigenvalue weighted by molar-refractivity contribution is -0.122. The number of carbonyl (C=O) groups is 1. The van der Waals surface area contributed by atoms with Gasteiger partial charge in [-0.1, -0.05) is 50.1 Å². The third kappa shape index (κ3) is 4.67. The SMILES string of the molecule is CCCCOC(Cl)C(=O)Nc1ccccc1CC. The summed E-state index contributed by atoms with van der Waals surface area (Å²) in [5, 5.41) is 2.79. The van der Waals surface area contributed by atoms with Crippen molar-refractivity contribution in [3.05, 3.63) is 29.8 Å². The number of hydrogen-bond donors (Lipinski definition) is 1. The Bertz CT molecular complexity index is 382. The number of aryl methyl sites for hydroxylation is 1. The van der Waals surface area contributed by atoms with E-state index in [9.17, 15) is 4.79 Å². The Labute approximate surface area is 113 Å². The van der Waals surface area contributed by atoms with E-state index in [0.717, 1.165) is 30.5 Å². The number of nitrogens with one attached hydrogen (secondary N) is 1. The van der Waals surface area contributed by atoms with Gasteiger partial charge in [0.2, 0.25) is 5.56 Å². The Balaban J connectivity index is 2.53. The van der Waals surface area contributed by atoms with Crippen molar-refractivity contribution in [3.63, 3.8) is 0 Å². The Morgan fingerprint density at radius 3 is 2.78 bits per heavy atom. The van der Waals surface area contributed by atoms with E-state index in [1.165, 1.54) is 0 Å². The highest BCUT2D eigenvalue weighted by Gasteiger charge is 2.16. The van der Waals surface area contributed by atoms with Crippen molar-refractivity contribution in [2.75, 3.05) is 11.9 Å². The lowest BCUT2D eigenvalue weighted by atomic mass is 10.1. The van der Waals surface area contributed by atoms with Crippen LogP contribution in [0, 0.1) is 0 Å². The van der Waals surface area contributed by atoms with Gasteiger partial charge in [0.25, 0.3) is 5.91 Å². The number of ether oxygens (including phenoxy) is 1. The van der Waals surface area contributed by atoms with E-state index >= 15 is 0 Å². The second-order valence-electron chi connectivity index (χ2n) is 4.04. The highest BCUT2D eigenvalue weighted by atomic mass is 35.5. The summed E-state index contributed by atoms with van der Waals surface area (Å²) in [6.07, 6.45) is 2.78. The van der Waals surface area contributed by atoms with Crippen LogP contribution in [0.15, 0.2) is 24.3 Å². The van der Waals surface area contributed by atoms with Crippen molar-refractivity contribution in [2.45, 2.75) is 38.7 Å². The first-order valence-electron chi connectivity index (χ1n) is 6.33. The van der Waals surface area contributed by atoms with Crippen LogP contribution in [0.2, 0.25) is 0 Å². The lowest BCUT2D eigenvalue weighted by Gasteiger charge is -2.13. The minimum Gasteiger partial charge on any atom is -0.353 e. The molecule has 1 rings (SSSR count). The molecule has 18 heavy (non-hydrogen) atoms. The number of benzene rings is 1. The van der Waals surface area contributed by atoms with Gasteiger partial charge in [0.05, 0.1) is 0 Å². The summed E-state index contributed by atoms with van der Waals surface area (Å²) in [6, 6.07) is 7.68. The highest BCUT2D eigenvalue weighted by Crippen LogP contribution is 2.16. The molecule has 0 saturated heterocycles. The fourth-order valence-corrected chi connectivity index (χ4v) is 1.69. The number of alkyl halides is 1. The molecule has 0 saturated carbocycles. The van der Waals surface area contributed by atoms with Gasteiger partial charge in [-0.15, -0.1) is 0 Å². The normalized spacial score (nSPS) is 12.2. The van der Waals surface area contributed by atoms with E-state index in [0.29, 0.717) is 6.61 Å². The summed E-state index contributed by atoms with van der Waals surface area (Å²) in [5.41, 5.74) is 0.958. The second-order valence-corrected chi connectivity index (χ2v) is 4.44. The monoisotopic (exact) mass is 269 g/mol. The van der Waals surface area contributed by atoms with E-state index in [2.05, 4.69) is 12.2 Å². The molecule has 0 spiro atoms. The van der Waals surface area contributed by atoms with Crippen LogP contribution in [0.3, 0.4) is 0 Å². The van der Waals surface area contributed by atoms with Crippen LogP contribution in [0.5, 0.6) is 0 Å². The predicted octanol–water partition coefficient (Wildman–Crippen LogP) is 3.57. The molecule has 1 unspecified atom stereocenters. The fourth-order valence-electron chi connectivity index (χ4n) is 1.55. The van der Waals surface area contributed by atoms with Gasteiger partial charge in [-0.2, -0.15) is 0 Å². The van der Waals surface area contributed by atoms with E-state index in [-0.39, 0.29) is 5.91 Å². The number of amides is 1. The molecule has 3 nitrogen and oxygen atoms in total. The molecule has 0 bridgehead atoms. The molecular weight excluding hydrogens is 250 g/mol. The smallest absolute Gasteiger partial charge is 0.269 e. The van der Waals surface area contributed by atoms with E-state index in [1.54, 1.807) is 0 Å². The summed E-state index contributed by atoms with van der Waals surface area (Å²) >= 11 is 5.88. The number of anilines is 1. The van der Waals surface area contributed by atoms with E-state index < -0.39 is 5.56 Å². The van der Waals surface area contributed by atoms with Gasteiger partial charge >= 0.3 is 0 Å². The molecular formula is C14H20ClNO2. The van der Waals surface area contributed by atoms with Crippen LogP contribution in [0.4, 0.5) is 5.69 Å². The van der Waals surface area contributed by atoms with Crippen LogP contribution in [-0.2, 0) is 16.0 Å². The van der Waals surface area contributed by atoms with Crippen LogP contribution < -0.4 is 5.32 Å². The van der Waals surface area contributed by atoms with Crippen molar-refractivity contribution in [1.29, 1.82) is 0 Å². The Hall–Kier alpha value is -1.06. The number of rotatable bonds is 7. The molecule has 0 aliphatic heterocycles. The molecule has 4 heteroatoms. The number of hydrogen-bond acceptors (Lipinski definition) is 2. The van der Waals surface area contributed by atoms with Gasteiger partial charge in [0, 0.05) is 12.3 Å². The molecule has 1 N–H and O–H groups in total. The molecule has 0 aliphatic rings. The maximum Gasteiger partial charge on any atom is 0.269 e. The number of halogens is 1. The van der Waals surface area contributed by atoms with Gasteiger partial charge in [0.1, 0.15) is 0 Å². The zero-order valence-electron chi connectivity index (χ0n) is 10.9. The van der Waals surface area contributed by atoms with E-state index in [1.807, 2.05) is 31.2 Å². The highest BCUT2D eigenvalue weighted by molar-refractivity contribution is 6.31. The topological polar surface area (TPSA) is 38.3 Å². The van der Waals surface area contributed by atoms with Gasteiger partial charge in [-0.05, 0) is 24.5 Å². The molecule has 1 aromatic rings. The largest absolute Gasteiger partial charge is 0.353 e. The van der Waals surface area contributed by atoms with Gasteiger partial charge < -0.3 is 10.1 Å². The van der Waals surface area contributed by atoms with Crippen LogP contribution in [0.25, 0.3) is 0 Å². The third-order valence-corrected chi connectivity index (χ3v) is 2.95. The summed E-state index contributed by atoms with van der Waals surface area (Å²) in [6.45, 7) is 4.61. The van der Waals surface area contributed by atoms with Crippen molar-refractivity contribution in [1.82, 2.24) is 0 Å². The zero-order valence-corrected chi connectivity index (χ0v) is 11.7. The quantitative estimate of drug-likeness (QED) is 0.607. The first-order chi connectivity index (χ1) is 8.69. The van der Waals surface area contributed by atoms with Gasteiger partial charge in [-0.3, -0.25) is 4.79 Å². The molecule has 0 aliphatic carbocycles. The number of unbranched alkanes of at least 4 members (excludes halogenated alkanes) is 1. The second kappa shape index (κ2) is 8.11. The van der Waals surface area contributed by atoms with Crippen LogP contribution in [-0.4, -0.2) is 18.1 Å². The van der Waals surface area contributed by atoms with Crippen molar-refractivity contribution < 1.29 is 9.53 Å². The Morgan fingerprint density at radius 2 is 2.11 bits per heavy atom. The van der Waals surface area contributed by atoms with Crippen molar-refractivity contribution in [3.8, 4) is 0 Å². The van der Waals surface area contributed by atoms with Gasteiger partial charge in [0.15, 0.2) is 0 Å². The zero-order chi connectivity index (χ0) is 13.4. The maximum absolute atomic E-state index is 11.8. The maximum atomic E-state index is 11.8. The number of carbonyl (C=O) groups excluding carboxylic acids is 1. The van der Waals surface area contributed by atoms with Crippen LogP contribution in [0.1, 0.15) is 32.3 Å². The Kier molecular flexibility index (Phi) is 6.76. The minimum absolute atomic E-state index is 0.311. The summed E-state index contributed by atoms with van der Waals surface area (Å²) < 4.78 is 5.24. The minimum atomic E-state index is -0.929. The average Bonchev–Trinajstić information content (AvgIpc) is 2.39. The lowest BCUT2D eigenvalue weighted by Crippen LogP contribution is -2.26. The van der Waals surface area contributed by atoms with Gasteiger partial charge in [-0.25, -0.2) is 0 Å². The summed E-state index contributed by atoms with van der Waals surface area (Å²) in [4.78, 5) is 11.8. The van der Waals surface area contributed by atoms with Crippen molar-refractivity contribution >= 4 is 23.2 Å². The first-order valence-corrected chi connectivity index (χ1v) is 6.77.